The Morgan fingerprint density at radius 1 is 1.00 bits per heavy atom. The Hall–Kier alpha value is -2.04. The van der Waals surface area contributed by atoms with Crippen LogP contribution in [0, 0.1) is 6.92 Å². The molecule has 0 fully saturated rings. The van der Waals surface area contributed by atoms with Crippen molar-refractivity contribution in [1.82, 2.24) is 10.1 Å². The van der Waals surface area contributed by atoms with E-state index in [1.54, 1.807) is 18.2 Å². The van der Waals surface area contributed by atoms with Gasteiger partial charge in [0.2, 0.25) is 5.82 Å². The number of hydrogen-bond acceptors (Lipinski definition) is 4. The number of hydrogen-bond donors (Lipinski definition) is 1. The number of aromatic nitrogens is 2. The third-order valence-corrected chi connectivity index (χ3v) is 3.87. The van der Waals surface area contributed by atoms with Gasteiger partial charge in [-0.25, -0.2) is 0 Å². The molecule has 1 heterocycles. The average molecular weight is 320 g/mol. The van der Waals surface area contributed by atoms with E-state index in [1.807, 2.05) is 25.1 Å². The first-order chi connectivity index (χ1) is 10.0. The zero-order valence-electron chi connectivity index (χ0n) is 11.1. The summed E-state index contributed by atoms with van der Waals surface area (Å²) in [6, 6.07) is 10.8. The standard InChI is InChI=1S/C15H11Cl2N3O/c1-8-2-3-10(7-13(8)18)15-19-14(20-21-15)9-4-5-11(16)12(17)6-9/h2-7H,18H2,1H3. The first kappa shape index (κ1) is 13.9. The Labute approximate surface area is 131 Å². The van der Waals surface area contributed by atoms with Crippen molar-refractivity contribution in [3.8, 4) is 22.8 Å². The number of aryl methyl sites for hydroxylation is 1. The van der Waals surface area contributed by atoms with Crippen LogP contribution in [0.3, 0.4) is 0 Å². The molecule has 21 heavy (non-hydrogen) atoms. The lowest BCUT2D eigenvalue weighted by Crippen LogP contribution is -1.90. The molecule has 2 N–H and O–H groups in total. The van der Waals surface area contributed by atoms with Crippen molar-refractivity contribution in [3.05, 3.63) is 52.0 Å². The summed E-state index contributed by atoms with van der Waals surface area (Å²) in [4.78, 5) is 4.36. The van der Waals surface area contributed by atoms with Gasteiger partial charge in [-0.1, -0.05) is 34.4 Å². The van der Waals surface area contributed by atoms with E-state index in [2.05, 4.69) is 10.1 Å². The first-order valence-electron chi connectivity index (χ1n) is 6.20. The Morgan fingerprint density at radius 3 is 2.48 bits per heavy atom. The fourth-order valence-corrected chi connectivity index (χ4v) is 2.16. The van der Waals surface area contributed by atoms with Gasteiger partial charge < -0.3 is 10.3 Å². The summed E-state index contributed by atoms with van der Waals surface area (Å²) in [5.74, 6) is 0.852. The molecular formula is C15H11Cl2N3O. The van der Waals surface area contributed by atoms with Gasteiger partial charge in [-0.15, -0.1) is 0 Å². The molecule has 0 amide bonds. The molecule has 1 aromatic heterocycles. The van der Waals surface area contributed by atoms with E-state index < -0.39 is 0 Å². The molecule has 0 atom stereocenters. The van der Waals surface area contributed by atoms with Crippen LogP contribution in [0.1, 0.15) is 5.56 Å². The normalized spacial score (nSPS) is 10.8. The zero-order chi connectivity index (χ0) is 15.0. The lowest BCUT2D eigenvalue weighted by molar-refractivity contribution is 0.432. The molecule has 0 saturated heterocycles. The third kappa shape index (κ3) is 2.73. The molecular weight excluding hydrogens is 309 g/mol. The second-order valence-electron chi connectivity index (χ2n) is 4.62. The highest BCUT2D eigenvalue weighted by molar-refractivity contribution is 6.42. The van der Waals surface area contributed by atoms with Gasteiger partial charge in [-0.3, -0.25) is 0 Å². The van der Waals surface area contributed by atoms with Crippen LogP contribution < -0.4 is 5.73 Å². The van der Waals surface area contributed by atoms with Gasteiger partial charge in [0.15, 0.2) is 0 Å². The number of nitrogens with two attached hydrogens (primary N) is 1. The Balaban J connectivity index is 1.99. The maximum absolute atomic E-state index is 5.99. The van der Waals surface area contributed by atoms with Crippen molar-refractivity contribution >= 4 is 28.9 Å². The van der Waals surface area contributed by atoms with E-state index in [0.717, 1.165) is 16.7 Å². The first-order valence-corrected chi connectivity index (χ1v) is 6.96. The van der Waals surface area contributed by atoms with Crippen molar-refractivity contribution in [2.75, 3.05) is 5.73 Å². The van der Waals surface area contributed by atoms with E-state index in [-0.39, 0.29) is 0 Å². The van der Waals surface area contributed by atoms with Crippen molar-refractivity contribution in [1.29, 1.82) is 0 Å². The number of nitrogen functional groups attached to an aromatic ring is 1. The van der Waals surface area contributed by atoms with Crippen molar-refractivity contribution < 1.29 is 4.52 Å². The van der Waals surface area contributed by atoms with Gasteiger partial charge in [-0.05, 0) is 42.8 Å². The highest BCUT2D eigenvalue weighted by atomic mass is 35.5. The maximum atomic E-state index is 5.99. The monoisotopic (exact) mass is 319 g/mol. The predicted octanol–water partition coefficient (Wildman–Crippen LogP) is 4.60. The third-order valence-electron chi connectivity index (χ3n) is 3.13. The molecule has 0 unspecified atom stereocenters. The van der Waals surface area contributed by atoms with Crippen molar-refractivity contribution in [2.45, 2.75) is 6.92 Å². The van der Waals surface area contributed by atoms with Crippen LogP contribution in [0.2, 0.25) is 10.0 Å². The van der Waals surface area contributed by atoms with E-state index in [0.29, 0.717) is 27.4 Å². The minimum absolute atomic E-state index is 0.405. The maximum Gasteiger partial charge on any atom is 0.258 e. The highest BCUT2D eigenvalue weighted by Crippen LogP contribution is 2.29. The molecule has 0 radical (unpaired) electrons. The molecule has 3 rings (SSSR count). The summed E-state index contributed by atoms with van der Waals surface area (Å²) in [5, 5.41) is 4.88. The molecule has 0 bridgehead atoms. The summed E-state index contributed by atoms with van der Waals surface area (Å²) in [5.41, 5.74) is 9.09. The molecule has 2 aromatic carbocycles. The highest BCUT2D eigenvalue weighted by Gasteiger charge is 2.12. The molecule has 0 aliphatic heterocycles. The SMILES string of the molecule is Cc1ccc(-c2nc(-c3ccc(Cl)c(Cl)c3)no2)cc1N. The van der Waals surface area contributed by atoms with Gasteiger partial charge in [-0.2, -0.15) is 4.98 Å². The second-order valence-corrected chi connectivity index (χ2v) is 5.44. The van der Waals surface area contributed by atoms with Crippen LogP contribution in [0.4, 0.5) is 5.69 Å². The predicted molar refractivity (Wildman–Crippen MR) is 84.3 cm³/mol. The van der Waals surface area contributed by atoms with E-state index in [9.17, 15) is 0 Å². The largest absolute Gasteiger partial charge is 0.398 e. The van der Waals surface area contributed by atoms with Gasteiger partial charge in [0.25, 0.3) is 5.89 Å². The molecule has 4 nitrogen and oxygen atoms in total. The van der Waals surface area contributed by atoms with Gasteiger partial charge >= 0.3 is 0 Å². The molecule has 3 aromatic rings. The smallest absolute Gasteiger partial charge is 0.258 e. The number of benzene rings is 2. The Morgan fingerprint density at radius 2 is 1.76 bits per heavy atom. The van der Waals surface area contributed by atoms with Crippen LogP contribution in [0.5, 0.6) is 0 Å². The number of halogens is 2. The fraction of sp³-hybridized carbons (Fsp3) is 0.0667. The van der Waals surface area contributed by atoms with Gasteiger partial charge in [0.1, 0.15) is 0 Å². The fourth-order valence-electron chi connectivity index (χ4n) is 1.87. The van der Waals surface area contributed by atoms with E-state index >= 15 is 0 Å². The van der Waals surface area contributed by atoms with Crippen molar-refractivity contribution in [2.24, 2.45) is 0 Å². The topological polar surface area (TPSA) is 64.9 Å². The average Bonchev–Trinajstić information content (AvgIpc) is 2.94. The molecule has 6 heteroatoms. The molecule has 0 spiro atoms. The minimum Gasteiger partial charge on any atom is -0.398 e. The zero-order valence-corrected chi connectivity index (χ0v) is 12.6. The quantitative estimate of drug-likeness (QED) is 0.701. The lowest BCUT2D eigenvalue weighted by Gasteiger charge is -2.00. The molecule has 106 valence electrons. The summed E-state index contributed by atoms with van der Waals surface area (Å²) in [6.07, 6.45) is 0. The number of nitrogens with zero attached hydrogens (tertiary/aromatic N) is 2. The summed E-state index contributed by atoms with van der Waals surface area (Å²) < 4.78 is 5.28. The second kappa shape index (κ2) is 5.39. The number of rotatable bonds is 2. The van der Waals surface area contributed by atoms with Crippen LogP contribution in [0.15, 0.2) is 40.9 Å². The van der Waals surface area contributed by atoms with E-state index in [1.165, 1.54) is 0 Å². The summed E-state index contributed by atoms with van der Waals surface area (Å²) >= 11 is 11.9. The van der Waals surface area contributed by atoms with Gasteiger partial charge in [0, 0.05) is 16.8 Å². The van der Waals surface area contributed by atoms with Crippen molar-refractivity contribution in [3.63, 3.8) is 0 Å². The van der Waals surface area contributed by atoms with Crippen LogP contribution in [0.25, 0.3) is 22.8 Å². The molecule has 0 aliphatic carbocycles. The Bertz CT molecular complexity index is 748. The van der Waals surface area contributed by atoms with Gasteiger partial charge in [0.05, 0.1) is 10.0 Å². The minimum atomic E-state index is 0.405. The van der Waals surface area contributed by atoms with Crippen LogP contribution in [-0.4, -0.2) is 10.1 Å². The van der Waals surface area contributed by atoms with E-state index in [4.69, 9.17) is 33.5 Å². The lowest BCUT2D eigenvalue weighted by atomic mass is 10.1. The molecule has 0 aliphatic rings. The van der Waals surface area contributed by atoms with Crippen LogP contribution in [-0.2, 0) is 0 Å². The number of anilines is 1. The molecule has 0 saturated carbocycles. The summed E-state index contributed by atoms with van der Waals surface area (Å²) in [6.45, 7) is 1.94. The Kier molecular flexibility index (Phi) is 3.57. The summed E-state index contributed by atoms with van der Waals surface area (Å²) in [7, 11) is 0. The van der Waals surface area contributed by atoms with Crippen LogP contribution >= 0.6 is 23.2 Å².